The van der Waals surface area contributed by atoms with E-state index >= 15 is 0 Å². The van der Waals surface area contributed by atoms with E-state index in [1.165, 1.54) is 58.3 Å². The van der Waals surface area contributed by atoms with E-state index in [2.05, 4.69) is 31.0 Å². The van der Waals surface area contributed by atoms with Crippen LogP contribution < -0.4 is 5.32 Å². The number of hydrogen-bond acceptors (Lipinski definition) is 2. The molecule has 106 valence electrons. The first-order valence-corrected chi connectivity index (χ1v) is 8.14. The third kappa shape index (κ3) is 3.96. The second-order valence-electron chi connectivity index (χ2n) is 6.79. The van der Waals surface area contributed by atoms with Crippen LogP contribution in [0, 0.1) is 17.8 Å². The fraction of sp³-hybridized carbons (Fsp3) is 1.00. The molecule has 0 amide bonds. The van der Waals surface area contributed by atoms with E-state index in [9.17, 15) is 0 Å². The summed E-state index contributed by atoms with van der Waals surface area (Å²) in [5.74, 6) is 2.76. The summed E-state index contributed by atoms with van der Waals surface area (Å²) >= 11 is 0. The van der Waals surface area contributed by atoms with Crippen LogP contribution in [0.15, 0.2) is 0 Å². The smallest absolute Gasteiger partial charge is 0.00930 e. The second-order valence-corrected chi connectivity index (χ2v) is 6.79. The minimum absolute atomic E-state index is 0.797. The molecule has 18 heavy (non-hydrogen) atoms. The van der Waals surface area contributed by atoms with Gasteiger partial charge in [-0.3, -0.25) is 0 Å². The fourth-order valence-electron chi connectivity index (χ4n) is 3.79. The first-order valence-electron chi connectivity index (χ1n) is 8.14. The van der Waals surface area contributed by atoms with Crippen LogP contribution in [0.25, 0.3) is 0 Å². The quantitative estimate of drug-likeness (QED) is 0.827. The van der Waals surface area contributed by atoms with Crippen LogP contribution in [-0.2, 0) is 0 Å². The summed E-state index contributed by atoms with van der Waals surface area (Å²) in [5.41, 5.74) is 0. The standard InChI is InChI=1S/C16H32N2/c1-4-18-9-7-15(8-10-18)12-17-16-6-5-13(2)11-14(16)3/h13-17H,4-12H2,1-3H3. The van der Waals surface area contributed by atoms with Crippen molar-refractivity contribution in [2.24, 2.45) is 17.8 Å². The van der Waals surface area contributed by atoms with Crippen molar-refractivity contribution in [3.05, 3.63) is 0 Å². The van der Waals surface area contributed by atoms with Gasteiger partial charge in [-0.1, -0.05) is 20.8 Å². The highest BCUT2D eigenvalue weighted by molar-refractivity contribution is 4.82. The molecule has 2 heteroatoms. The topological polar surface area (TPSA) is 15.3 Å². The van der Waals surface area contributed by atoms with Gasteiger partial charge in [-0.15, -0.1) is 0 Å². The Morgan fingerprint density at radius 3 is 2.39 bits per heavy atom. The zero-order valence-corrected chi connectivity index (χ0v) is 12.6. The Hall–Kier alpha value is -0.0800. The van der Waals surface area contributed by atoms with Crippen LogP contribution in [0.3, 0.4) is 0 Å². The monoisotopic (exact) mass is 252 g/mol. The Bertz CT molecular complexity index is 233. The molecule has 1 heterocycles. The van der Waals surface area contributed by atoms with Gasteiger partial charge in [-0.2, -0.15) is 0 Å². The van der Waals surface area contributed by atoms with E-state index in [-0.39, 0.29) is 0 Å². The molecule has 1 aliphatic carbocycles. The van der Waals surface area contributed by atoms with E-state index in [1.54, 1.807) is 0 Å². The number of likely N-dealkylation sites (tertiary alicyclic amines) is 1. The van der Waals surface area contributed by atoms with Crippen LogP contribution >= 0.6 is 0 Å². The Morgan fingerprint density at radius 1 is 1.06 bits per heavy atom. The molecule has 1 saturated carbocycles. The van der Waals surface area contributed by atoms with Gasteiger partial charge in [0.05, 0.1) is 0 Å². The Labute approximate surface area is 114 Å². The van der Waals surface area contributed by atoms with Gasteiger partial charge in [0.15, 0.2) is 0 Å². The van der Waals surface area contributed by atoms with Gasteiger partial charge in [0.1, 0.15) is 0 Å². The van der Waals surface area contributed by atoms with E-state index < -0.39 is 0 Å². The largest absolute Gasteiger partial charge is 0.313 e. The molecule has 1 aliphatic heterocycles. The minimum atomic E-state index is 0.797. The predicted octanol–water partition coefficient (Wildman–Crippen LogP) is 3.13. The van der Waals surface area contributed by atoms with Crippen molar-refractivity contribution in [3.8, 4) is 0 Å². The fourth-order valence-corrected chi connectivity index (χ4v) is 3.79. The SMILES string of the molecule is CCN1CCC(CNC2CCC(C)CC2C)CC1. The van der Waals surface area contributed by atoms with Gasteiger partial charge in [0.25, 0.3) is 0 Å². The normalized spacial score (nSPS) is 35.8. The van der Waals surface area contributed by atoms with Crippen molar-refractivity contribution in [3.63, 3.8) is 0 Å². The van der Waals surface area contributed by atoms with Gasteiger partial charge in [-0.25, -0.2) is 0 Å². The van der Waals surface area contributed by atoms with Gasteiger partial charge >= 0.3 is 0 Å². The van der Waals surface area contributed by atoms with Crippen molar-refractivity contribution in [1.82, 2.24) is 10.2 Å². The van der Waals surface area contributed by atoms with Gasteiger partial charge in [-0.05, 0) is 76.0 Å². The molecule has 0 aromatic heterocycles. The average Bonchev–Trinajstić information content (AvgIpc) is 2.38. The summed E-state index contributed by atoms with van der Waals surface area (Å²) in [6.07, 6.45) is 7.05. The van der Waals surface area contributed by atoms with Crippen LogP contribution in [0.5, 0.6) is 0 Å². The van der Waals surface area contributed by atoms with Crippen molar-refractivity contribution >= 4 is 0 Å². The molecular weight excluding hydrogens is 220 g/mol. The summed E-state index contributed by atoms with van der Waals surface area (Å²) in [4.78, 5) is 2.58. The molecule has 0 aromatic carbocycles. The Balaban J connectivity index is 1.66. The molecule has 0 bridgehead atoms. The highest BCUT2D eigenvalue weighted by atomic mass is 15.1. The number of rotatable bonds is 4. The third-order valence-corrected chi connectivity index (χ3v) is 5.25. The van der Waals surface area contributed by atoms with Crippen molar-refractivity contribution in [2.75, 3.05) is 26.2 Å². The molecule has 3 atom stereocenters. The summed E-state index contributed by atoms with van der Waals surface area (Å²) in [6, 6.07) is 0.797. The molecule has 1 saturated heterocycles. The van der Waals surface area contributed by atoms with Crippen molar-refractivity contribution in [1.29, 1.82) is 0 Å². The van der Waals surface area contributed by atoms with Crippen molar-refractivity contribution < 1.29 is 0 Å². The van der Waals surface area contributed by atoms with Gasteiger partial charge < -0.3 is 10.2 Å². The molecule has 0 aromatic rings. The maximum atomic E-state index is 3.88. The van der Waals surface area contributed by atoms with Gasteiger partial charge in [0.2, 0.25) is 0 Å². The zero-order chi connectivity index (χ0) is 13.0. The Morgan fingerprint density at radius 2 is 1.78 bits per heavy atom. The summed E-state index contributed by atoms with van der Waals surface area (Å²) in [5, 5.41) is 3.88. The maximum Gasteiger partial charge on any atom is 0.00930 e. The first kappa shape index (κ1) is 14.3. The van der Waals surface area contributed by atoms with Crippen LogP contribution in [-0.4, -0.2) is 37.1 Å². The number of piperidine rings is 1. The predicted molar refractivity (Wildman–Crippen MR) is 78.8 cm³/mol. The number of hydrogen-bond donors (Lipinski definition) is 1. The van der Waals surface area contributed by atoms with Crippen LogP contribution in [0.2, 0.25) is 0 Å². The number of nitrogens with zero attached hydrogens (tertiary/aromatic N) is 1. The average molecular weight is 252 g/mol. The van der Waals surface area contributed by atoms with E-state index in [0.29, 0.717) is 0 Å². The molecule has 1 N–H and O–H groups in total. The zero-order valence-electron chi connectivity index (χ0n) is 12.6. The molecule has 2 rings (SSSR count). The van der Waals surface area contributed by atoms with Crippen LogP contribution in [0.1, 0.15) is 52.9 Å². The molecule has 2 nitrogen and oxygen atoms in total. The highest BCUT2D eigenvalue weighted by Gasteiger charge is 2.26. The molecule has 0 spiro atoms. The summed E-state index contributed by atoms with van der Waals surface area (Å²) in [7, 11) is 0. The molecular formula is C16H32N2. The van der Waals surface area contributed by atoms with E-state index in [4.69, 9.17) is 0 Å². The molecule has 2 fully saturated rings. The first-order chi connectivity index (χ1) is 8.69. The lowest BCUT2D eigenvalue weighted by Gasteiger charge is -2.36. The molecule has 2 aliphatic rings. The molecule has 3 unspecified atom stereocenters. The Kier molecular flexibility index (Phi) is 5.50. The maximum absolute atomic E-state index is 3.88. The van der Waals surface area contributed by atoms with E-state index in [0.717, 1.165) is 23.8 Å². The number of nitrogens with one attached hydrogen (secondary N) is 1. The lowest BCUT2D eigenvalue weighted by atomic mass is 9.79. The van der Waals surface area contributed by atoms with E-state index in [1.807, 2.05) is 0 Å². The highest BCUT2D eigenvalue weighted by Crippen LogP contribution is 2.29. The summed E-state index contributed by atoms with van der Waals surface area (Å²) < 4.78 is 0. The second kappa shape index (κ2) is 6.91. The third-order valence-electron chi connectivity index (χ3n) is 5.25. The van der Waals surface area contributed by atoms with Crippen LogP contribution in [0.4, 0.5) is 0 Å². The lowest BCUT2D eigenvalue weighted by molar-refractivity contribution is 0.172. The molecule has 0 radical (unpaired) electrons. The summed E-state index contributed by atoms with van der Waals surface area (Å²) in [6.45, 7) is 12.3. The van der Waals surface area contributed by atoms with Gasteiger partial charge in [0, 0.05) is 6.04 Å². The lowest BCUT2D eigenvalue weighted by Crippen LogP contribution is -2.43. The van der Waals surface area contributed by atoms with Crippen molar-refractivity contribution in [2.45, 2.75) is 58.9 Å². The minimum Gasteiger partial charge on any atom is -0.313 e.